The van der Waals surface area contributed by atoms with Gasteiger partial charge in [0.05, 0.1) is 17.5 Å². The highest BCUT2D eigenvalue weighted by molar-refractivity contribution is 5.73. The van der Waals surface area contributed by atoms with Gasteiger partial charge < -0.3 is 10.3 Å². The van der Waals surface area contributed by atoms with Crippen molar-refractivity contribution >= 4 is 22.7 Å². The number of aromatic nitrogens is 3. The number of H-pyrrole nitrogens is 1. The fraction of sp³-hybridized carbons (Fsp3) is 0. The second-order valence-electron chi connectivity index (χ2n) is 3.82. The molecule has 0 bridgehead atoms. The predicted molar refractivity (Wildman–Crippen MR) is 63.5 cm³/mol. The number of hydrogen-bond acceptors (Lipinski definition) is 3. The minimum atomic E-state index is -1.52. The molecule has 4 nitrogen and oxygen atoms in total. The Morgan fingerprint density at radius 2 is 1.84 bits per heavy atom. The average molecular weight is 264 g/mol. The van der Waals surface area contributed by atoms with Gasteiger partial charge in [0.1, 0.15) is 5.82 Å². The van der Waals surface area contributed by atoms with E-state index in [1.807, 2.05) is 0 Å². The van der Waals surface area contributed by atoms with Gasteiger partial charge in [0.25, 0.3) is 0 Å². The van der Waals surface area contributed by atoms with Crippen LogP contribution in [0.25, 0.3) is 11.2 Å². The normalized spacial score (nSPS) is 10.9. The Morgan fingerprint density at radius 1 is 1.00 bits per heavy atom. The summed E-state index contributed by atoms with van der Waals surface area (Å²) in [6.07, 6.45) is 1.47. The number of pyridine rings is 1. The third-order valence-electron chi connectivity index (χ3n) is 2.58. The van der Waals surface area contributed by atoms with Crippen molar-refractivity contribution in [2.45, 2.75) is 0 Å². The van der Waals surface area contributed by atoms with Crippen LogP contribution in [0.1, 0.15) is 0 Å². The second-order valence-corrected chi connectivity index (χ2v) is 3.82. The lowest BCUT2D eigenvalue weighted by molar-refractivity contribution is 0.449. The quantitative estimate of drug-likeness (QED) is 0.699. The second kappa shape index (κ2) is 4.27. The number of nitrogens with zero attached hydrogens (tertiary/aromatic N) is 2. The first-order chi connectivity index (χ1) is 9.15. The molecule has 2 aromatic heterocycles. The molecule has 0 fully saturated rings. The van der Waals surface area contributed by atoms with E-state index < -0.39 is 17.5 Å². The lowest BCUT2D eigenvalue weighted by Gasteiger charge is -2.07. The van der Waals surface area contributed by atoms with Crippen molar-refractivity contribution in [1.29, 1.82) is 0 Å². The number of benzene rings is 1. The van der Waals surface area contributed by atoms with E-state index in [2.05, 4.69) is 20.3 Å². The summed E-state index contributed by atoms with van der Waals surface area (Å²) in [7, 11) is 0. The summed E-state index contributed by atoms with van der Waals surface area (Å²) >= 11 is 0. The Morgan fingerprint density at radius 3 is 2.68 bits per heavy atom. The van der Waals surface area contributed by atoms with Crippen molar-refractivity contribution in [1.82, 2.24) is 15.0 Å². The van der Waals surface area contributed by atoms with Gasteiger partial charge in [-0.25, -0.2) is 23.1 Å². The van der Waals surface area contributed by atoms with Crippen molar-refractivity contribution in [3.63, 3.8) is 0 Å². The maximum atomic E-state index is 13.5. The Balaban J connectivity index is 1.98. The molecule has 1 aromatic carbocycles. The molecular weight excluding hydrogens is 257 g/mol. The molecule has 0 aliphatic heterocycles. The topological polar surface area (TPSA) is 53.6 Å². The molecule has 0 amide bonds. The fourth-order valence-electron chi connectivity index (χ4n) is 1.65. The van der Waals surface area contributed by atoms with Gasteiger partial charge in [0.2, 0.25) is 0 Å². The van der Waals surface area contributed by atoms with Crippen LogP contribution in [0.15, 0.2) is 30.6 Å². The van der Waals surface area contributed by atoms with E-state index in [1.54, 1.807) is 12.1 Å². The average Bonchev–Trinajstić information content (AvgIpc) is 2.87. The zero-order valence-electron chi connectivity index (χ0n) is 9.42. The van der Waals surface area contributed by atoms with Crippen LogP contribution >= 0.6 is 0 Å². The zero-order valence-corrected chi connectivity index (χ0v) is 9.42. The summed E-state index contributed by atoms with van der Waals surface area (Å²) in [5.41, 5.74) is 0.964. The zero-order chi connectivity index (χ0) is 13.4. The first-order valence-electron chi connectivity index (χ1n) is 5.36. The van der Waals surface area contributed by atoms with Gasteiger partial charge in [-0.3, -0.25) is 0 Å². The van der Waals surface area contributed by atoms with Gasteiger partial charge in [-0.1, -0.05) is 0 Å². The van der Waals surface area contributed by atoms with E-state index in [1.165, 1.54) is 6.33 Å². The summed E-state index contributed by atoms with van der Waals surface area (Å²) in [5, 5.41) is 2.58. The van der Waals surface area contributed by atoms with Crippen LogP contribution in [0.3, 0.4) is 0 Å². The standard InChI is InChI=1S/C12H7F3N4/c13-6-1-2-7(11(15)10(6)14)18-9-4-3-8-12(19-9)17-5-16-8/h1-5H,(H2,16,17,18,19). The third kappa shape index (κ3) is 1.99. The van der Waals surface area contributed by atoms with E-state index in [0.717, 1.165) is 17.6 Å². The summed E-state index contributed by atoms with van der Waals surface area (Å²) in [4.78, 5) is 10.9. The maximum absolute atomic E-state index is 13.5. The summed E-state index contributed by atoms with van der Waals surface area (Å²) in [6, 6.07) is 5.20. The molecule has 0 unspecified atom stereocenters. The molecule has 0 radical (unpaired) electrons. The van der Waals surface area contributed by atoms with Crippen molar-refractivity contribution in [3.8, 4) is 0 Å². The Labute approximate surface area is 105 Å². The number of halogens is 3. The molecule has 0 spiro atoms. The van der Waals surface area contributed by atoms with E-state index in [9.17, 15) is 13.2 Å². The molecule has 2 N–H and O–H groups in total. The number of fused-ring (bicyclic) bond motifs is 1. The van der Waals surface area contributed by atoms with Crippen molar-refractivity contribution in [2.75, 3.05) is 5.32 Å². The first-order valence-corrected chi connectivity index (χ1v) is 5.36. The smallest absolute Gasteiger partial charge is 0.196 e. The van der Waals surface area contributed by atoms with Gasteiger partial charge in [0, 0.05) is 0 Å². The van der Waals surface area contributed by atoms with Gasteiger partial charge in [-0.15, -0.1) is 0 Å². The third-order valence-corrected chi connectivity index (χ3v) is 2.58. The molecule has 0 saturated carbocycles. The van der Waals surface area contributed by atoms with Crippen LogP contribution < -0.4 is 5.32 Å². The number of nitrogens with one attached hydrogen (secondary N) is 2. The van der Waals surface area contributed by atoms with Crippen LogP contribution in [0.2, 0.25) is 0 Å². The van der Waals surface area contributed by atoms with Crippen LogP contribution in [-0.2, 0) is 0 Å². The summed E-state index contributed by atoms with van der Waals surface area (Å²) < 4.78 is 39.3. The number of anilines is 2. The minimum absolute atomic E-state index is 0.193. The SMILES string of the molecule is Fc1ccc(Nc2ccc3[nH]cnc3n2)c(F)c1F. The van der Waals surface area contributed by atoms with Crippen LogP contribution in [0.4, 0.5) is 24.7 Å². The highest BCUT2D eigenvalue weighted by atomic mass is 19.2. The van der Waals surface area contributed by atoms with Crippen LogP contribution in [0, 0.1) is 17.5 Å². The molecule has 3 aromatic rings. The van der Waals surface area contributed by atoms with Gasteiger partial charge in [-0.05, 0) is 24.3 Å². The van der Waals surface area contributed by atoms with E-state index in [-0.39, 0.29) is 11.5 Å². The maximum Gasteiger partial charge on any atom is 0.196 e. The number of aromatic amines is 1. The fourth-order valence-corrected chi connectivity index (χ4v) is 1.65. The van der Waals surface area contributed by atoms with Crippen LogP contribution in [-0.4, -0.2) is 15.0 Å². The highest BCUT2D eigenvalue weighted by Gasteiger charge is 2.13. The summed E-state index contributed by atoms with van der Waals surface area (Å²) in [6.45, 7) is 0. The predicted octanol–water partition coefficient (Wildman–Crippen LogP) is 3.12. The van der Waals surface area contributed by atoms with Crippen molar-refractivity contribution < 1.29 is 13.2 Å². The molecule has 19 heavy (non-hydrogen) atoms. The van der Waals surface area contributed by atoms with E-state index in [4.69, 9.17) is 0 Å². The van der Waals surface area contributed by atoms with Crippen molar-refractivity contribution in [2.24, 2.45) is 0 Å². The van der Waals surface area contributed by atoms with Gasteiger partial charge >= 0.3 is 0 Å². The number of hydrogen-bond donors (Lipinski definition) is 2. The van der Waals surface area contributed by atoms with E-state index >= 15 is 0 Å². The molecule has 0 aliphatic carbocycles. The van der Waals surface area contributed by atoms with Gasteiger partial charge in [0.15, 0.2) is 23.1 Å². The van der Waals surface area contributed by atoms with Crippen molar-refractivity contribution in [3.05, 3.63) is 48.0 Å². The van der Waals surface area contributed by atoms with Gasteiger partial charge in [-0.2, -0.15) is 0 Å². The molecule has 3 rings (SSSR count). The molecule has 0 aliphatic rings. The molecule has 0 atom stereocenters. The highest BCUT2D eigenvalue weighted by Crippen LogP contribution is 2.23. The molecule has 2 heterocycles. The largest absolute Gasteiger partial charge is 0.343 e. The molecular formula is C12H7F3N4. The molecule has 7 heteroatoms. The monoisotopic (exact) mass is 264 g/mol. The Bertz CT molecular complexity index is 754. The van der Waals surface area contributed by atoms with Crippen LogP contribution in [0.5, 0.6) is 0 Å². The molecule has 0 saturated heterocycles. The lowest BCUT2D eigenvalue weighted by atomic mass is 10.2. The summed E-state index contributed by atoms with van der Waals surface area (Å²) in [5.74, 6) is -3.77. The first kappa shape index (κ1) is 11.5. The number of imidazole rings is 1. The Kier molecular flexibility index (Phi) is 2.59. The number of rotatable bonds is 2. The minimum Gasteiger partial charge on any atom is -0.343 e. The molecule has 96 valence electrons. The van der Waals surface area contributed by atoms with E-state index in [0.29, 0.717) is 5.65 Å². The Hall–Kier alpha value is -2.57. The lowest BCUT2D eigenvalue weighted by Crippen LogP contribution is -2.00.